The van der Waals surface area contributed by atoms with Crippen LogP contribution in [0.25, 0.3) is 0 Å². The van der Waals surface area contributed by atoms with Gasteiger partial charge in [-0.05, 0) is 36.8 Å². The SMILES string of the molecule is Cc1ccc(Br)cc1S(=O)(=O)N1CCN(c2ccccn2)CC1. The van der Waals surface area contributed by atoms with E-state index in [1.807, 2.05) is 37.3 Å². The quantitative estimate of drug-likeness (QED) is 0.801. The highest BCUT2D eigenvalue weighted by atomic mass is 79.9. The van der Waals surface area contributed by atoms with Crippen LogP contribution in [0.15, 0.2) is 52.0 Å². The summed E-state index contributed by atoms with van der Waals surface area (Å²) < 4.78 is 28.1. The first-order chi connectivity index (χ1) is 11.0. The maximum atomic E-state index is 12.9. The molecular formula is C16H18BrN3O2S. The minimum atomic E-state index is -3.46. The zero-order valence-corrected chi connectivity index (χ0v) is 15.2. The van der Waals surface area contributed by atoms with E-state index in [4.69, 9.17) is 0 Å². The van der Waals surface area contributed by atoms with E-state index in [1.54, 1.807) is 16.6 Å². The van der Waals surface area contributed by atoms with Crippen molar-refractivity contribution in [3.8, 4) is 0 Å². The van der Waals surface area contributed by atoms with Crippen molar-refractivity contribution in [1.29, 1.82) is 0 Å². The van der Waals surface area contributed by atoms with Gasteiger partial charge in [0.05, 0.1) is 4.90 Å². The molecule has 0 spiro atoms. The maximum Gasteiger partial charge on any atom is 0.243 e. The van der Waals surface area contributed by atoms with Gasteiger partial charge in [-0.2, -0.15) is 4.31 Å². The van der Waals surface area contributed by atoms with Crippen molar-refractivity contribution < 1.29 is 8.42 Å². The molecule has 3 rings (SSSR count). The van der Waals surface area contributed by atoms with E-state index in [-0.39, 0.29) is 0 Å². The number of nitrogens with zero attached hydrogens (tertiary/aromatic N) is 3. The van der Waals surface area contributed by atoms with E-state index in [1.165, 1.54) is 0 Å². The maximum absolute atomic E-state index is 12.9. The predicted molar refractivity (Wildman–Crippen MR) is 94.1 cm³/mol. The molecule has 0 aliphatic carbocycles. The van der Waals surface area contributed by atoms with Crippen LogP contribution < -0.4 is 4.90 Å². The molecule has 0 bridgehead atoms. The number of sulfonamides is 1. The Morgan fingerprint density at radius 1 is 1.09 bits per heavy atom. The first-order valence-corrected chi connectivity index (χ1v) is 9.64. The van der Waals surface area contributed by atoms with Gasteiger partial charge in [-0.25, -0.2) is 13.4 Å². The summed E-state index contributed by atoms with van der Waals surface area (Å²) in [4.78, 5) is 6.81. The van der Waals surface area contributed by atoms with Crippen LogP contribution in [0.4, 0.5) is 5.82 Å². The lowest BCUT2D eigenvalue weighted by Crippen LogP contribution is -2.49. The monoisotopic (exact) mass is 395 g/mol. The summed E-state index contributed by atoms with van der Waals surface area (Å²) in [5, 5.41) is 0. The summed E-state index contributed by atoms with van der Waals surface area (Å²) in [7, 11) is -3.46. The van der Waals surface area contributed by atoms with E-state index in [9.17, 15) is 8.42 Å². The second kappa shape index (κ2) is 6.59. The number of anilines is 1. The highest BCUT2D eigenvalue weighted by Gasteiger charge is 2.30. The van der Waals surface area contributed by atoms with Gasteiger partial charge in [0, 0.05) is 36.8 Å². The van der Waals surface area contributed by atoms with Crippen LogP contribution in [0.1, 0.15) is 5.56 Å². The second-order valence-electron chi connectivity index (χ2n) is 5.49. The molecule has 1 aromatic carbocycles. The summed E-state index contributed by atoms with van der Waals surface area (Å²) in [6.45, 7) is 4.03. The molecule has 1 aromatic heterocycles. The summed E-state index contributed by atoms with van der Waals surface area (Å²) in [6.07, 6.45) is 1.75. The van der Waals surface area contributed by atoms with E-state index in [0.717, 1.165) is 15.9 Å². The average molecular weight is 396 g/mol. The number of rotatable bonds is 3. The van der Waals surface area contributed by atoms with Crippen LogP contribution in [-0.2, 0) is 10.0 Å². The second-order valence-corrected chi connectivity index (χ2v) is 8.31. The van der Waals surface area contributed by atoms with Gasteiger partial charge in [0.2, 0.25) is 10.0 Å². The number of halogens is 1. The molecule has 2 aromatic rings. The molecule has 0 unspecified atom stereocenters. The number of piperazine rings is 1. The Kier molecular flexibility index (Phi) is 4.70. The van der Waals surface area contributed by atoms with Crippen molar-refractivity contribution in [3.63, 3.8) is 0 Å². The molecule has 0 amide bonds. The Bertz CT molecular complexity index is 788. The van der Waals surface area contributed by atoms with Crippen molar-refractivity contribution in [2.75, 3.05) is 31.1 Å². The summed E-state index contributed by atoms with van der Waals surface area (Å²) in [6, 6.07) is 11.1. The van der Waals surface area contributed by atoms with E-state index in [0.29, 0.717) is 31.1 Å². The van der Waals surface area contributed by atoms with Crippen molar-refractivity contribution in [1.82, 2.24) is 9.29 Å². The molecule has 5 nitrogen and oxygen atoms in total. The van der Waals surface area contributed by atoms with Gasteiger partial charge in [0.1, 0.15) is 5.82 Å². The van der Waals surface area contributed by atoms with Crippen LogP contribution in [0, 0.1) is 6.92 Å². The van der Waals surface area contributed by atoms with Gasteiger partial charge in [0.15, 0.2) is 0 Å². The first-order valence-electron chi connectivity index (χ1n) is 7.41. The van der Waals surface area contributed by atoms with Crippen molar-refractivity contribution in [3.05, 3.63) is 52.6 Å². The largest absolute Gasteiger partial charge is 0.354 e. The fourth-order valence-corrected chi connectivity index (χ4v) is 4.87. The van der Waals surface area contributed by atoms with Crippen molar-refractivity contribution >= 4 is 31.8 Å². The molecule has 0 saturated carbocycles. The lowest BCUT2D eigenvalue weighted by molar-refractivity contribution is 0.383. The van der Waals surface area contributed by atoms with Crippen molar-refractivity contribution in [2.45, 2.75) is 11.8 Å². The number of pyridine rings is 1. The van der Waals surface area contributed by atoms with Gasteiger partial charge in [-0.1, -0.05) is 28.1 Å². The van der Waals surface area contributed by atoms with E-state index < -0.39 is 10.0 Å². The van der Waals surface area contributed by atoms with Gasteiger partial charge < -0.3 is 4.90 Å². The Hall–Kier alpha value is -1.44. The molecule has 23 heavy (non-hydrogen) atoms. The molecule has 0 N–H and O–H groups in total. The summed E-state index contributed by atoms with van der Waals surface area (Å²) in [5.74, 6) is 0.892. The summed E-state index contributed by atoms with van der Waals surface area (Å²) >= 11 is 3.35. The first kappa shape index (κ1) is 16.4. The van der Waals surface area contributed by atoms with Gasteiger partial charge >= 0.3 is 0 Å². The smallest absolute Gasteiger partial charge is 0.243 e. The summed E-state index contributed by atoms with van der Waals surface area (Å²) in [5.41, 5.74) is 0.764. The lowest BCUT2D eigenvalue weighted by Gasteiger charge is -2.34. The number of aromatic nitrogens is 1. The Labute approximate surface area is 145 Å². The predicted octanol–water partition coefficient (Wildman–Crippen LogP) is 2.66. The Morgan fingerprint density at radius 2 is 1.83 bits per heavy atom. The molecule has 1 fully saturated rings. The van der Waals surface area contributed by atoms with Crippen LogP contribution in [0.5, 0.6) is 0 Å². The molecule has 1 saturated heterocycles. The highest BCUT2D eigenvalue weighted by Crippen LogP contribution is 2.25. The highest BCUT2D eigenvalue weighted by molar-refractivity contribution is 9.10. The van der Waals surface area contributed by atoms with E-state index >= 15 is 0 Å². The van der Waals surface area contributed by atoms with Crippen LogP contribution in [-0.4, -0.2) is 43.9 Å². The number of benzene rings is 1. The molecule has 0 radical (unpaired) electrons. The number of aryl methyl sites for hydroxylation is 1. The van der Waals surface area contributed by atoms with Crippen LogP contribution >= 0.6 is 15.9 Å². The third-order valence-corrected chi connectivity index (χ3v) is 6.51. The number of hydrogen-bond donors (Lipinski definition) is 0. The molecular weight excluding hydrogens is 378 g/mol. The Morgan fingerprint density at radius 3 is 2.48 bits per heavy atom. The zero-order chi connectivity index (χ0) is 16.4. The molecule has 0 atom stereocenters. The lowest BCUT2D eigenvalue weighted by atomic mass is 10.2. The topological polar surface area (TPSA) is 53.5 Å². The van der Waals surface area contributed by atoms with Crippen LogP contribution in [0.3, 0.4) is 0 Å². The average Bonchev–Trinajstić information content (AvgIpc) is 2.58. The fourth-order valence-electron chi connectivity index (χ4n) is 2.69. The fraction of sp³-hybridized carbons (Fsp3) is 0.312. The third kappa shape index (κ3) is 3.41. The molecule has 1 aliphatic heterocycles. The molecule has 2 heterocycles. The van der Waals surface area contributed by atoms with Crippen LogP contribution in [0.2, 0.25) is 0 Å². The Balaban J connectivity index is 1.78. The van der Waals surface area contributed by atoms with Gasteiger partial charge in [-0.15, -0.1) is 0 Å². The normalized spacial score (nSPS) is 16.5. The molecule has 1 aliphatic rings. The molecule has 122 valence electrons. The van der Waals surface area contributed by atoms with Crippen molar-refractivity contribution in [2.24, 2.45) is 0 Å². The third-order valence-electron chi connectivity index (χ3n) is 3.98. The molecule has 7 heteroatoms. The zero-order valence-electron chi connectivity index (χ0n) is 12.8. The number of hydrogen-bond acceptors (Lipinski definition) is 4. The van der Waals surface area contributed by atoms with E-state index in [2.05, 4.69) is 25.8 Å². The minimum absolute atomic E-state index is 0.373. The standard InChI is InChI=1S/C16H18BrN3O2S/c1-13-5-6-14(17)12-15(13)23(21,22)20-10-8-19(9-11-20)16-4-2-3-7-18-16/h2-7,12H,8-11H2,1H3. The van der Waals surface area contributed by atoms with Gasteiger partial charge in [0.25, 0.3) is 0 Å². The minimum Gasteiger partial charge on any atom is -0.354 e. The van der Waals surface area contributed by atoms with Gasteiger partial charge in [-0.3, -0.25) is 0 Å².